The third kappa shape index (κ3) is 3.42. The lowest BCUT2D eigenvalue weighted by atomic mass is 9.73. The van der Waals surface area contributed by atoms with Gasteiger partial charge in [-0.1, -0.05) is 30.3 Å². The van der Waals surface area contributed by atoms with Crippen molar-refractivity contribution in [2.75, 3.05) is 32.1 Å². The minimum Gasteiger partial charge on any atom is -0.468 e. The van der Waals surface area contributed by atoms with Gasteiger partial charge in [-0.2, -0.15) is 0 Å². The Morgan fingerprint density at radius 2 is 1.88 bits per heavy atom. The fraction of sp³-hybridized carbons (Fsp3) is 0.476. The zero-order chi connectivity index (χ0) is 17.8. The Kier molecular flexibility index (Phi) is 5.36. The van der Waals surface area contributed by atoms with Gasteiger partial charge in [-0.05, 0) is 37.0 Å². The van der Waals surface area contributed by atoms with Crippen LogP contribution in [0, 0.1) is 0 Å². The first-order valence-corrected chi connectivity index (χ1v) is 10.4. The van der Waals surface area contributed by atoms with Crippen LogP contribution in [-0.2, 0) is 14.9 Å². The van der Waals surface area contributed by atoms with Gasteiger partial charge in [-0.15, -0.1) is 11.8 Å². The van der Waals surface area contributed by atoms with Gasteiger partial charge in [0, 0.05) is 32.1 Å². The fourth-order valence-corrected chi connectivity index (χ4v) is 5.26. The summed E-state index contributed by atoms with van der Waals surface area (Å²) in [5, 5.41) is 0.338. The summed E-state index contributed by atoms with van der Waals surface area (Å²) in [6.07, 6.45) is 4.20. The average molecular weight is 372 g/mol. The van der Waals surface area contributed by atoms with Crippen LogP contribution in [-0.4, -0.2) is 42.9 Å². The van der Waals surface area contributed by atoms with E-state index in [-0.39, 0.29) is 5.91 Å². The largest absolute Gasteiger partial charge is 0.468 e. The second-order valence-corrected chi connectivity index (χ2v) is 8.33. The number of carbonyl (C=O) groups is 1. The van der Waals surface area contributed by atoms with Gasteiger partial charge in [0.2, 0.25) is 5.91 Å². The quantitative estimate of drug-likeness (QED) is 0.817. The van der Waals surface area contributed by atoms with Gasteiger partial charge in [0.25, 0.3) is 0 Å². The van der Waals surface area contributed by atoms with Gasteiger partial charge in [-0.3, -0.25) is 4.79 Å². The first kappa shape index (κ1) is 17.7. The lowest BCUT2D eigenvalue weighted by Crippen LogP contribution is -2.50. The molecule has 26 heavy (non-hydrogen) atoms. The third-order valence-electron chi connectivity index (χ3n) is 5.57. The average Bonchev–Trinajstić information content (AvgIpc) is 3.13. The summed E-state index contributed by atoms with van der Waals surface area (Å²) < 4.78 is 11.2. The molecular formula is C21H25NO3S. The van der Waals surface area contributed by atoms with Crippen molar-refractivity contribution in [1.29, 1.82) is 0 Å². The van der Waals surface area contributed by atoms with E-state index < -0.39 is 5.41 Å². The number of rotatable bonds is 3. The molecule has 1 aromatic heterocycles. The molecule has 0 radical (unpaired) electrons. The van der Waals surface area contributed by atoms with E-state index in [4.69, 9.17) is 9.15 Å². The highest BCUT2D eigenvalue weighted by atomic mass is 32.2. The summed E-state index contributed by atoms with van der Waals surface area (Å²) in [5.74, 6) is 2.24. The lowest BCUT2D eigenvalue weighted by Gasteiger charge is -2.40. The number of furan rings is 1. The van der Waals surface area contributed by atoms with Gasteiger partial charge < -0.3 is 14.1 Å². The van der Waals surface area contributed by atoms with Gasteiger partial charge in [0.05, 0.1) is 16.9 Å². The van der Waals surface area contributed by atoms with Crippen LogP contribution in [0.1, 0.15) is 35.8 Å². The SMILES string of the molecule is O=C(N1CCS[C@H](c2ccco2)CC1)C1(c2ccccc2)CCOCC1. The van der Waals surface area contributed by atoms with E-state index in [0.29, 0.717) is 18.5 Å². The minimum absolute atomic E-state index is 0.271. The second kappa shape index (κ2) is 7.89. The van der Waals surface area contributed by atoms with Crippen LogP contribution in [0.15, 0.2) is 53.1 Å². The molecular weight excluding hydrogens is 346 g/mol. The Balaban J connectivity index is 1.54. The molecule has 138 valence electrons. The summed E-state index contributed by atoms with van der Waals surface area (Å²) in [4.78, 5) is 15.7. The number of hydrogen-bond donors (Lipinski definition) is 0. The number of nitrogens with zero attached hydrogens (tertiary/aromatic N) is 1. The molecule has 2 saturated heterocycles. The van der Waals surface area contributed by atoms with Crippen LogP contribution in [0.4, 0.5) is 0 Å². The topological polar surface area (TPSA) is 42.7 Å². The van der Waals surface area contributed by atoms with Crippen molar-refractivity contribution in [3.05, 3.63) is 60.1 Å². The normalized spacial score (nSPS) is 23.4. The molecule has 2 aliphatic heterocycles. The van der Waals surface area contributed by atoms with E-state index in [2.05, 4.69) is 17.0 Å². The highest BCUT2D eigenvalue weighted by Gasteiger charge is 2.44. The summed E-state index contributed by atoms with van der Waals surface area (Å²) >= 11 is 1.89. The molecule has 4 nitrogen and oxygen atoms in total. The van der Waals surface area contributed by atoms with Crippen molar-refractivity contribution in [1.82, 2.24) is 4.90 Å². The van der Waals surface area contributed by atoms with E-state index >= 15 is 0 Å². The predicted octanol–water partition coefficient (Wildman–Crippen LogP) is 4.03. The number of hydrogen-bond acceptors (Lipinski definition) is 4. The minimum atomic E-state index is -0.436. The molecule has 5 heteroatoms. The fourth-order valence-electron chi connectivity index (χ4n) is 4.08. The van der Waals surface area contributed by atoms with Gasteiger partial charge in [0.15, 0.2) is 0 Å². The Hall–Kier alpha value is -1.72. The summed E-state index contributed by atoms with van der Waals surface area (Å²) in [6.45, 7) is 2.89. The van der Waals surface area contributed by atoms with Crippen molar-refractivity contribution in [3.8, 4) is 0 Å². The van der Waals surface area contributed by atoms with Crippen LogP contribution in [0.2, 0.25) is 0 Å². The molecule has 2 aliphatic rings. The van der Waals surface area contributed by atoms with E-state index in [1.54, 1.807) is 6.26 Å². The summed E-state index contributed by atoms with van der Waals surface area (Å²) in [6, 6.07) is 14.3. The van der Waals surface area contributed by atoms with E-state index in [1.807, 2.05) is 42.1 Å². The second-order valence-electron chi connectivity index (χ2n) is 7.02. The zero-order valence-corrected chi connectivity index (χ0v) is 15.7. The number of amides is 1. The Labute approximate surface area is 158 Å². The maximum Gasteiger partial charge on any atom is 0.233 e. The Morgan fingerprint density at radius 1 is 1.08 bits per heavy atom. The molecule has 1 aromatic carbocycles. The van der Waals surface area contributed by atoms with Crippen LogP contribution in [0.5, 0.6) is 0 Å². The molecule has 2 aromatic rings. The molecule has 1 atom stereocenters. The molecule has 2 fully saturated rings. The predicted molar refractivity (Wildman–Crippen MR) is 103 cm³/mol. The van der Waals surface area contributed by atoms with Gasteiger partial charge in [0.1, 0.15) is 5.76 Å². The van der Waals surface area contributed by atoms with Crippen molar-refractivity contribution in [2.24, 2.45) is 0 Å². The molecule has 0 saturated carbocycles. The van der Waals surface area contributed by atoms with E-state index in [9.17, 15) is 4.79 Å². The van der Waals surface area contributed by atoms with Crippen molar-refractivity contribution >= 4 is 17.7 Å². The monoisotopic (exact) mass is 371 g/mol. The summed E-state index contributed by atoms with van der Waals surface area (Å²) in [7, 11) is 0. The Morgan fingerprint density at radius 3 is 2.62 bits per heavy atom. The van der Waals surface area contributed by atoms with Gasteiger partial charge >= 0.3 is 0 Å². The van der Waals surface area contributed by atoms with Crippen LogP contribution < -0.4 is 0 Å². The van der Waals surface area contributed by atoms with Crippen LogP contribution in [0.25, 0.3) is 0 Å². The van der Waals surface area contributed by atoms with E-state index in [1.165, 1.54) is 0 Å². The Bertz CT molecular complexity index is 710. The maximum absolute atomic E-state index is 13.7. The summed E-state index contributed by atoms with van der Waals surface area (Å²) in [5.41, 5.74) is 0.696. The van der Waals surface area contributed by atoms with Crippen molar-refractivity contribution in [3.63, 3.8) is 0 Å². The lowest BCUT2D eigenvalue weighted by molar-refractivity contribution is -0.141. The van der Waals surface area contributed by atoms with Crippen LogP contribution in [0.3, 0.4) is 0 Å². The smallest absolute Gasteiger partial charge is 0.233 e. The number of carbonyl (C=O) groups excluding carboxylic acids is 1. The maximum atomic E-state index is 13.7. The molecule has 0 bridgehead atoms. The molecule has 0 spiro atoms. The first-order valence-electron chi connectivity index (χ1n) is 9.37. The highest BCUT2D eigenvalue weighted by Crippen LogP contribution is 2.39. The number of thioether (sulfide) groups is 1. The number of benzene rings is 1. The number of ether oxygens (including phenoxy) is 1. The van der Waals surface area contributed by atoms with Crippen LogP contribution >= 0.6 is 11.8 Å². The third-order valence-corrected chi connectivity index (χ3v) is 6.86. The molecule has 1 amide bonds. The van der Waals surface area contributed by atoms with Crippen molar-refractivity contribution in [2.45, 2.75) is 29.9 Å². The van der Waals surface area contributed by atoms with E-state index in [0.717, 1.165) is 49.4 Å². The molecule has 0 aliphatic carbocycles. The first-order chi connectivity index (χ1) is 12.8. The standard InChI is InChI=1S/C21H25NO3S/c23-20(21(9-14-24-15-10-21)17-5-2-1-3-6-17)22-11-8-19(26-16-12-22)18-7-4-13-25-18/h1-7,13,19H,8-12,14-16H2/t19-/m0/s1. The van der Waals surface area contributed by atoms with Gasteiger partial charge in [-0.25, -0.2) is 0 Å². The zero-order valence-electron chi connectivity index (χ0n) is 14.9. The van der Waals surface area contributed by atoms with Crippen molar-refractivity contribution < 1.29 is 13.9 Å². The molecule has 4 rings (SSSR count). The molecule has 0 N–H and O–H groups in total. The molecule has 0 unspecified atom stereocenters. The molecule has 3 heterocycles. The highest BCUT2D eigenvalue weighted by molar-refractivity contribution is 7.99.